The predicted molar refractivity (Wildman–Crippen MR) is 111 cm³/mol. The van der Waals surface area contributed by atoms with Crippen LogP contribution in [-0.2, 0) is 0 Å². The minimum atomic E-state index is -0.414. The summed E-state index contributed by atoms with van der Waals surface area (Å²) in [5, 5.41) is 3.99. The Morgan fingerprint density at radius 2 is 1.71 bits per heavy atom. The molecule has 1 aromatic heterocycles. The van der Waals surface area contributed by atoms with Gasteiger partial charge in [-0.2, -0.15) is 0 Å². The Hall–Kier alpha value is -3.24. The van der Waals surface area contributed by atoms with Crippen LogP contribution in [0.25, 0.3) is 22.0 Å². The van der Waals surface area contributed by atoms with Crippen molar-refractivity contribution in [2.45, 2.75) is 6.92 Å². The number of carbonyl (C=O) groups excluding carboxylic acids is 1. The minimum Gasteiger partial charge on any atom is -0.322 e. The molecule has 0 aliphatic rings. The number of aromatic nitrogens is 1. The molecular formula is C23H16ClFN2O. The zero-order valence-corrected chi connectivity index (χ0v) is 15.8. The number of fused-ring (bicyclic) bond motifs is 1. The zero-order chi connectivity index (χ0) is 19.7. The number of nitrogens with one attached hydrogen (secondary N) is 1. The molecule has 0 atom stereocenters. The fraction of sp³-hybridized carbons (Fsp3) is 0.0435. The first-order valence-corrected chi connectivity index (χ1v) is 9.13. The van der Waals surface area contributed by atoms with E-state index in [0.29, 0.717) is 44.0 Å². The van der Waals surface area contributed by atoms with Crippen molar-refractivity contribution in [3.05, 3.63) is 94.9 Å². The van der Waals surface area contributed by atoms with Gasteiger partial charge in [0.2, 0.25) is 0 Å². The van der Waals surface area contributed by atoms with Crippen LogP contribution in [0, 0.1) is 12.7 Å². The Balaban J connectivity index is 2.00. The van der Waals surface area contributed by atoms with E-state index in [1.54, 1.807) is 55.5 Å². The topological polar surface area (TPSA) is 42.0 Å². The van der Waals surface area contributed by atoms with E-state index >= 15 is 0 Å². The third-order valence-electron chi connectivity index (χ3n) is 4.53. The van der Waals surface area contributed by atoms with E-state index in [9.17, 15) is 9.18 Å². The fourth-order valence-electron chi connectivity index (χ4n) is 3.29. The first kappa shape index (κ1) is 18.1. The summed E-state index contributed by atoms with van der Waals surface area (Å²) >= 11 is 6.20. The molecule has 0 spiro atoms. The lowest BCUT2D eigenvalue weighted by molar-refractivity contribution is 0.102. The van der Waals surface area contributed by atoms with Gasteiger partial charge in [0.15, 0.2) is 0 Å². The predicted octanol–water partition coefficient (Wildman–Crippen LogP) is 6.26. The molecule has 0 saturated carbocycles. The number of hydrogen-bond acceptors (Lipinski definition) is 2. The molecule has 0 unspecified atom stereocenters. The van der Waals surface area contributed by atoms with E-state index < -0.39 is 5.82 Å². The Labute approximate surface area is 166 Å². The van der Waals surface area contributed by atoms with Crippen molar-refractivity contribution in [3.8, 4) is 11.1 Å². The van der Waals surface area contributed by atoms with Gasteiger partial charge in [-0.3, -0.25) is 9.78 Å². The summed E-state index contributed by atoms with van der Waals surface area (Å²) in [5.41, 5.74) is 2.95. The van der Waals surface area contributed by atoms with Crippen molar-refractivity contribution in [3.63, 3.8) is 0 Å². The number of para-hydroxylation sites is 1. The number of rotatable bonds is 3. The van der Waals surface area contributed by atoms with E-state index in [-0.39, 0.29) is 5.91 Å². The third-order valence-corrected chi connectivity index (χ3v) is 4.76. The molecule has 0 fully saturated rings. The highest BCUT2D eigenvalue weighted by atomic mass is 35.5. The molecule has 3 nitrogen and oxygen atoms in total. The molecule has 5 heteroatoms. The minimum absolute atomic E-state index is 0.323. The SMILES string of the molecule is Cc1nc2ccc(Cl)cc2c(-c2ccccc2F)c1C(=O)Nc1ccccc1. The number of aryl methyl sites for hydroxylation is 1. The Bertz CT molecular complexity index is 1190. The van der Waals surface area contributed by atoms with Gasteiger partial charge in [-0.05, 0) is 43.3 Å². The zero-order valence-electron chi connectivity index (χ0n) is 15.0. The van der Waals surface area contributed by atoms with Crippen molar-refractivity contribution in [2.24, 2.45) is 0 Å². The lowest BCUT2D eigenvalue weighted by Gasteiger charge is -2.16. The van der Waals surface area contributed by atoms with Crippen molar-refractivity contribution in [1.29, 1.82) is 0 Å². The van der Waals surface area contributed by atoms with Crippen LogP contribution in [0.1, 0.15) is 16.1 Å². The van der Waals surface area contributed by atoms with Crippen LogP contribution in [0.15, 0.2) is 72.8 Å². The van der Waals surface area contributed by atoms with Gasteiger partial charge >= 0.3 is 0 Å². The monoisotopic (exact) mass is 390 g/mol. The summed E-state index contributed by atoms with van der Waals surface area (Å²) in [6.07, 6.45) is 0. The molecule has 1 N–H and O–H groups in total. The molecular weight excluding hydrogens is 375 g/mol. The van der Waals surface area contributed by atoms with E-state index in [1.807, 2.05) is 18.2 Å². The lowest BCUT2D eigenvalue weighted by Crippen LogP contribution is -2.16. The molecule has 0 bridgehead atoms. The van der Waals surface area contributed by atoms with Gasteiger partial charge in [0, 0.05) is 27.2 Å². The van der Waals surface area contributed by atoms with E-state index in [1.165, 1.54) is 6.07 Å². The second-order valence-corrected chi connectivity index (χ2v) is 6.85. The first-order chi connectivity index (χ1) is 13.5. The first-order valence-electron chi connectivity index (χ1n) is 8.76. The Morgan fingerprint density at radius 1 is 1.00 bits per heavy atom. The number of halogens is 2. The molecule has 0 radical (unpaired) electrons. The van der Waals surface area contributed by atoms with Crippen LogP contribution < -0.4 is 5.32 Å². The molecule has 1 heterocycles. The number of benzene rings is 3. The fourth-order valence-corrected chi connectivity index (χ4v) is 3.47. The molecule has 0 aliphatic carbocycles. The lowest BCUT2D eigenvalue weighted by atomic mass is 9.93. The van der Waals surface area contributed by atoms with Crippen LogP contribution in [-0.4, -0.2) is 10.9 Å². The number of carbonyl (C=O) groups is 1. The van der Waals surface area contributed by atoms with Crippen molar-refractivity contribution in [2.75, 3.05) is 5.32 Å². The molecule has 0 saturated heterocycles. The number of nitrogens with zero attached hydrogens (tertiary/aromatic N) is 1. The number of pyridine rings is 1. The maximum atomic E-state index is 14.7. The Morgan fingerprint density at radius 3 is 2.46 bits per heavy atom. The van der Waals surface area contributed by atoms with Gasteiger partial charge < -0.3 is 5.32 Å². The Kier molecular flexibility index (Phi) is 4.80. The average molecular weight is 391 g/mol. The van der Waals surface area contributed by atoms with Gasteiger partial charge in [-0.1, -0.05) is 48.0 Å². The molecule has 28 heavy (non-hydrogen) atoms. The van der Waals surface area contributed by atoms with Crippen LogP contribution in [0.4, 0.5) is 10.1 Å². The van der Waals surface area contributed by atoms with Gasteiger partial charge in [-0.15, -0.1) is 0 Å². The summed E-state index contributed by atoms with van der Waals surface area (Å²) in [5.74, 6) is -0.764. The maximum absolute atomic E-state index is 14.7. The molecule has 4 aromatic rings. The van der Waals surface area contributed by atoms with Crippen LogP contribution in [0.3, 0.4) is 0 Å². The summed E-state index contributed by atoms with van der Waals surface area (Å²) in [6.45, 7) is 1.75. The van der Waals surface area contributed by atoms with Crippen molar-refractivity contribution < 1.29 is 9.18 Å². The number of hydrogen-bond donors (Lipinski definition) is 1. The number of anilines is 1. The van der Waals surface area contributed by atoms with Crippen LogP contribution in [0.5, 0.6) is 0 Å². The third kappa shape index (κ3) is 3.35. The van der Waals surface area contributed by atoms with Gasteiger partial charge in [-0.25, -0.2) is 4.39 Å². The van der Waals surface area contributed by atoms with Crippen LogP contribution in [0.2, 0.25) is 5.02 Å². The molecule has 0 aliphatic heterocycles. The molecule has 1 amide bonds. The van der Waals surface area contributed by atoms with Gasteiger partial charge in [0.1, 0.15) is 5.82 Å². The highest BCUT2D eigenvalue weighted by Gasteiger charge is 2.22. The average Bonchev–Trinajstić information content (AvgIpc) is 2.68. The van der Waals surface area contributed by atoms with Crippen LogP contribution >= 0.6 is 11.6 Å². The molecule has 4 rings (SSSR count). The van der Waals surface area contributed by atoms with Crippen molar-refractivity contribution >= 4 is 34.1 Å². The van der Waals surface area contributed by atoms with E-state index in [2.05, 4.69) is 10.3 Å². The summed E-state index contributed by atoms with van der Waals surface area (Å²) in [4.78, 5) is 17.7. The van der Waals surface area contributed by atoms with Gasteiger partial charge in [0.05, 0.1) is 16.8 Å². The summed E-state index contributed by atoms with van der Waals surface area (Å²) in [6, 6.07) is 20.7. The van der Waals surface area contributed by atoms with E-state index in [4.69, 9.17) is 11.6 Å². The molecule has 138 valence electrons. The second kappa shape index (κ2) is 7.41. The summed E-state index contributed by atoms with van der Waals surface area (Å²) in [7, 11) is 0. The normalized spacial score (nSPS) is 10.8. The summed E-state index contributed by atoms with van der Waals surface area (Å²) < 4.78 is 14.7. The second-order valence-electron chi connectivity index (χ2n) is 6.41. The standard InChI is InChI=1S/C23H16ClFN2O/c1-14-21(23(28)27-16-7-3-2-4-8-16)22(17-9-5-6-10-19(17)25)18-13-15(24)11-12-20(18)26-14/h2-13H,1H3,(H,27,28). The van der Waals surface area contributed by atoms with E-state index in [0.717, 1.165) is 0 Å². The largest absolute Gasteiger partial charge is 0.322 e. The van der Waals surface area contributed by atoms with Gasteiger partial charge in [0.25, 0.3) is 5.91 Å². The highest BCUT2D eigenvalue weighted by Crippen LogP contribution is 2.36. The maximum Gasteiger partial charge on any atom is 0.258 e. The quantitative estimate of drug-likeness (QED) is 0.449. The molecule has 3 aromatic carbocycles. The number of amides is 1. The smallest absolute Gasteiger partial charge is 0.258 e. The van der Waals surface area contributed by atoms with Crippen molar-refractivity contribution in [1.82, 2.24) is 4.98 Å². The highest BCUT2D eigenvalue weighted by molar-refractivity contribution is 6.31.